The lowest BCUT2D eigenvalue weighted by atomic mass is 10.2. The van der Waals surface area contributed by atoms with Gasteiger partial charge >= 0.3 is 0 Å². The van der Waals surface area contributed by atoms with Crippen molar-refractivity contribution in [3.05, 3.63) is 30.1 Å². The van der Waals surface area contributed by atoms with Gasteiger partial charge in [-0.05, 0) is 32.6 Å². The third-order valence-electron chi connectivity index (χ3n) is 3.16. The Bertz CT molecular complexity index is 353. The van der Waals surface area contributed by atoms with E-state index in [0.29, 0.717) is 13.0 Å². The molecule has 0 fully saturated rings. The Hall–Kier alpha value is -1.42. The van der Waals surface area contributed by atoms with Crippen LogP contribution in [0.15, 0.2) is 24.4 Å². The molecule has 1 amide bonds. The molecule has 0 aliphatic carbocycles. The smallest absolute Gasteiger partial charge is 0.221 e. The Balaban J connectivity index is 2.21. The first-order chi connectivity index (χ1) is 8.63. The Morgan fingerprint density at radius 1 is 1.50 bits per heavy atom. The minimum atomic E-state index is 0.110. The van der Waals surface area contributed by atoms with E-state index in [9.17, 15) is 4.79 Å². The average Bonchev–Trinajstić information content (AvgIpc) is 2.38. The third kappa shape index (κ3) is 5.27. The van der Waals surface area contributed by atoms with Crippen molar-refractivity contribution >= 4 is 5.91 Å². The lowest BCUT2D eigenvalue weighted by Gasteiger charge is -2.22. The van der Waals surface area contributed by atoms with Crippen molar-refractivity contribution in [2.24, 2.45) is 0 Å². The summed E-state index contributed by atoms with van der Waals surface area (Å²) in [5, 5.41) is 2.94. The van der Waals surface area contributed by atoms with Crippen LogP contribution in [0.2, 0.25) is 0 Å². The molecule has 0 bridgehead atoms. The molecule has 1 aromatic rings. The number of carbonyl (C=O) groups excluding carboxylic acids is 1. The van der Waals surface area contributed by atoms with Crippen LogP contribution >= 0.6 is 0 Å². The number of nitrogens with zero attached hydrogens (tertiary/aromatic N) is 2. The maximum Gasteiger partial charge on any atom is 0.221 e. The van der Waals surface area contributed by atoms with Gasteiger partial charge in [0.05, 0.1) is 0 Å². The Labute approximate surface area is 109 Å². The largest absolute Gasteiger partial charge is 0.356 e. The van der Waals surface area contributed by atoms with E-state index >= 15 is 0 Å². The highest BCUT2D eigenvalue weighted by atomic mass is 16.1. The Morgan fingerprint density at radius 3 is 2.89 bits per heavy atom. The van der Waals surface area contributed by atoms with E-state index in [4.69, 9.17) is 0 Å². The number of pyridine rings is 1. The predicted octanol–water partition coefficient (Wildman–Crippen LogP) is 1.47. The van der Waals surface area contributed by atoms with Gasteiger partial charge in [-0.15, -0.1) is 0 Å². The van der Waals surface area contributed by atoms with Gasteiger partial charge in [-0.3, -0.25) is 9.78 Å². The van der Waals surface area contributed by atoms with Gasteiger partial charge in [-0.2, -0.15) is 0 Å². The summed E-state index contributed by atoms with van der Waals surface area (Å²) in [5.74, 6) is 0.110. The van der Waals surface area contributed by atoms with E-state index in [2.05, 4.69) is 29.0 Å². The van der Waals surface area contributed by atoms with Gasteiger partial charge in [0, 0.05) is 37.3 Å². The van der Waals surface area contributed by atoms with Gasteiger partial charge in [0.15, 0.2) is 0 Å². The van der Waals surface area contributed by atoms with Crippen molar-refractivity contribution in [3.8, 4) is 0 Å². The van der Waals surface area contributed by atoms with E-state index in [1.54, 1.807) is 6.20 Å². The molecular weight excluding hydrogens is 226 g/mol. The summed E-state index contributed by atoms with van der Waals surface area (Å²) in [6.07, 6.45) is 3.10. The standard InChI is InChI=1S/C14H23N3O/c1-4-17(3)12(2)11-14(18)16-10-8-13-7-5-6-9-15-13/h5-7,9,12H,4,8,10-11H2,1-3H3,(H,16,18). The van der Waals surface area contributed by atoms with Crippen LogP contribution in [0.5, 0.6) is 0 Å². The molecule has 0 spiro atoms. The average molecular weight is 249 g/mol. The number of nitrogens with one attached hydrogen (secondary N) is 1. The molecule has 18 heavy (non-hydrogen) atoms. The predicted molar refractivity (Wildman–Crippen MR) is 73.3 cm³/mol. The van der Waals surface area contributed by atoms with E-state index in [-0.39, 0.29) is 11.9 Å². The SMILES string of the molecule is CCN(C)C(C)CC(=O)NCCc1ccccn1. The molecule has 1 aromatic heterocycles. The van der Waals surface area contributed by atoms with Crippen molar-refractivity contribution in [1.82, 2.24) is 15.2 Å². The van der Waals surface area contributed by atoms with Crippen molar-refractivity contribution < 1.29 is 4.79 Å². The molecule has 0 saturated heterocycles. The first-order valence-corrected chi connectivity index (χ1v) is 6.50. The topological polar surface area (TPSA) is 45.2 Å². The fraction of sp³-hybridized carbons (Fsp3) is 0.571. The molecule has 0 aliphatic rings. The van der Waals surface area contributed by atoms with Gasteiger partial charge in [0.25, 0.3) is 0 Å². The fourth-order valence-corrected chi connectivity index (χ4v) is 1.68. The highest BCUT2D eigenvalue weighted by Gasteiger charge is 2.11. The van der Waals surface area contributed by atoms with Crippen molar-refractivity contribution in [2.75, 3.05) is 20.1 Å². The van der Waals surface area contributed by atoms with Crippen LogP contribution in [0.25, 0.3) is 0 Å². The second-order valence-corrected chi connectivity index (χ2v) is 4.55. The van der Waals surface area contributed by atoms with Crippen molar-refractivity contribution in [3.63, 3.8) is 0 Å². The van der Waals surface area contributed by atoms with Crippen molar-refractivity contribution in [2.45, 2.75) is 32.7 Å². The first kappa shape index (κ1) is 14.6. The normalized spacial score (nSPS) is 12.4. The van der Waals surface area contributed by atoms with Gasteiger partial charge < -0.3 is 10.2 Å². The van der Waals surface area contributed by atoms with E-state index in [0.717, 1.165) is 18.7 Å². The number of aromatic nitrogens is 1. The molecule has 0 radical (unpaired) electrons. The lowest BCUT2D eigenvalue weighted by Crippen LogP contribution is -2.35. The number of amides is 1. The molecule has 100 valence electrons. The lowest BCUT2D eigenvalue weighted by molar-refractivity contribution is -0.122. The van der Waals surface area contributed by atoms with Gasteiger partial charge in [0.2, 0.25) is 5.91 Å². The molecule has 1 atom stereocenters. The number of hydrogen-bond donors (Lipinski definition) is 1. The monoisotopic (exact) mass is 249 g/mol. The van der Waals surface area contributed by atoms with Gasteiger partial charge in [0.1, 0.15) is 0 Å². The maximum atomic E-state index is 11.7. The van der Waals surface area contributed by atoms with Crippen LogP contribution in [0, 0.1) is 0 Å². The van der Waals surface area contributed by atoms with E-state index in [1.165, 1.54) is 0 Å². The molecule has 0 saturated carbocycles. The zero-order valence-corrected chi connectivity index (χ0v) is 11.5. The Morgan fingerprint density at radius 2 is 2.28 bits per heavy atom. The van der Waals surface area contributed by atoms with Crippen LogP contribution in [0.3, 0.4) is 0 Å². The summed E-state index contributed by atoms with van der Waals surface area (Å²) < 4.78 is 0. The van der Waals surface area contributed by atoms with Gasteiger partial charge in [-0.25, -0.2) is 0 Å². The molecule has 4 nitrogen and oxygen atoms in total. The molecule has 1 heterocycles. The molecular formula is C14H23N3O. The fourth-order valence-electron chi connectivity index (χ4n) is 1.68. The zero-order valence-electron chi connectivity index (χ0n) is 11.5. The summed E-state index contributed by atoms with van der Waals surface area (Å²) in [7, 11) is 2.03. The summed E-state index contributed by atoms with van der Waals surface area (Å²) in [6.45, 7) is 5.78. The van der Waals surface area contributed by atoms with Gasteiger partial charge in [-0.1, -0.05) is 13.0 Å². The quantitative estimate of drug-likeness (QED) is 0.796. The van der Waals surface area contributed by atoms with Crippen LogP contribution in [0.1, 0.15) is 26.0 Å². The third-order valence-corrected chi connectivity index (χ3v) is 3.16. The summed E-state index contributed by atoms with van der Waals surface area (Å²) in [5.41, 5.74) is 1.01. The van der Waals surface area contributed by atoms with Crippen LogP contribution in [-0.2, 0) is 11.2 Å². The van der Waals surface area contributed by atoms with E-state index < -0.39 is 0 Å². The molecule has 0 aromatic carbocycles. The second kappa shape index (κ2) is 7.82. The van der Waals surface area contributed by atoms with Crippen LogP contribution in [-0.4, -0.2) is 42.0 Å². The number of hydrogen-bond acceptors (Lipinski definition) is 3. The van der Waals surface area contributed by atoms with Crippen LogP contribution in [0.4, 0.5) is 0 Å². The molecule has 1 N–H and O–H groups in total. The highest BCUT2D eigenvalue weighted by molar-refractivity contribution is 5.76. The minimum absolute atomic E-state index is 0.110. The zero-order chi connectivity index (χ0) is 13.4. The molecule has 4 heteroatoms. The minimum Gasteiger partial charge on any atom is -0.356 e. The second-order valence-electron chi connectivity index (χ2n) is 4.55. The molecule has 1 unspecified atom stereocenters. The number of carbonyl (C=O) groups is 1. The number of rotatable bonds is 7. The van der Waals surface area contributed by atoms with Crippen molar-refractivity contribution in [1.29, 1.82) is 0 Å². The molecule has 1 rings (SSSR count). The first-order valence-electron chi connectivity index (χ1n) is 6.50. The van der Waals surface area contributed by atoms with Crippen LogP contribution < -0.4 is 5.32 Å². The maximum absolute atomic E-state index is 11.7. The highest BCUT2D eigenvalue weighted by Crippen LogP contribution is 2.00. The molecule has 0 aliphatic heterocycles. The summed E-state index contributed by atoms with van der Waals surface area (Å²) in [4.78, 5) is 18.1. The summed E-state index contributed by atoms with van der Waals surface area (Å²) >= 11 is 0. The summed E-state index contributed by atoms with van der Waals surface area (Å²) in [6, 6.07) is 6.11. The van der Waals surface area contributed by atoms with E-state index in [1.807, 2.05) is 25.2 Å². The Kier molecular flexibility index (Phi) is 6.36.